The van der Waals surface area contributed by atoms with E-state index < -0.39 is 16.4 Å². The van der Waals surface area contributed by atoms with Crippen molar-refractivity contribution in [2.45, 2.75) is 20.8 Å². The zero-order valence-electron chi connectivity index (χ0n) is 13.2. The molecule has 1 aromatic heterocycles. The highest BCUT2D eigenvalue weighted by atomic mass is 16.6. The maximum absolute atomic E-state index is 12.4. The Bertz CT molecular complexity index is 871. The number of nitrogens with one attached hydrogen (secondary N) is 1. The van der Waals surface area contributed by atoms with E-state index in [0.717, 1.165) is 4.68 Å². The average Bonchev–Trinajstić information content (AvgIpc) is 2.45. The van der Waals surface area contributed by atoms with Gasteiger partial charge in [0.15, 0.2) is 0 Å². The maximum atomic E-state index is 12.4. The van der Waals surface area contributed by atoms with Gasteiger partial charge in [-0.3, -0.25) is 19.7 Å². The van der Waals surface area contributed by atoms with Crippen molar-refractivity contribution in [2.24, 2.45) is 7.05 Å². The summed E-state index contributed by atoms with van der Waals surface area (Å²) in [6, 6.07) is 4.23. The normalized spacial score (nSPS) is 10.4. The number of nitrogens with zero attached hydrogens (tertiary/aromatic N) is 3. The molecule has 0 saturated carbocycles. The van der Waals surface area contributed by atoms with Crippen molar-refractivity contribution >= 4 is 17.3 Å². The molecule has 0 atom stereocenters. The summed E-state index contributed by atoms with van der Waals surface area (Å²) in [6.45, 7) is 4.94. The summed E-state index contributed by atoms with van der Waals surface area (Å²) in [6.07, 6.45) is 0. The number of hydrogen-bond acceptors (Lipinski definition) is 5. The van der Waals surface area contributed by atoms with Gasteiger partial charge in [-0.05, 0) is 38.5 Å². The first-order valence-corrected chi connectivity index (χ1v) is 6.83. The van der Waals surface area contributed by atoms with Crippen LogP contribution in [0.4, 0.5) is 11.4 Å². The lowest BCUT2D eigenvalue weighted by molar-refractivity contribution is -0.385. The molecule has 0 spiro atoms. The number of benzene rings is 1. The fraction of sp³-hybridized carbons (Fsp3) is 0.267. The van der Waals surface area contributed by atoms with Crippen LogP contribution in [0.15, 0.2) is 23.0 Å². The van der Waals surface area contributed by atoms with Gasteiger partial charge >= 0.3 is 0 Å². The van der Waals surface area contributed by atoms with Crippen molar-refractivity contribution < 1.29 is 9.72 Å². The Morgan fingerprint density at radius 2 is 1.96 bits per heavy atom. The summed E-state index contributed by atoms with van der Waals surface area (Å²) in [4.78, 5) is 34.9. The summed E-state index contributed by atoms with van der Waals surface area (Å²) < 4.78 is 1.11. The molecule has 0 saturated heterocycles. The number of nitro groups is 1. The number of hydrogen-bond donors (Lipinski definition) is 1. The van der Waals surface area contributed by atoms with E-state index in [1.54, 1.807) is 20.8 Å². The number of carbonyl (C=O) groups excluding carboxylic acids is 1. The second kappa shape index (κ2) is 5.99. The molecule has 8 heteroatoms. The molecule has 8 nitrogen and oxygen atoms in total. The van der Waals surface area contributed by atoms with E-state index in [1.807, 2.05) is 0 Å². The third-order valence-electron chi connectivity index (χ3n) is 3.60. The molecular weight excluding hydrogens is 300 g/mol. The first-order chi connectivity index (χ1) is 10.7. The molecule has 0 unspecified atom stereocenters. The molecule has 2 rings (SSSR count). The van der Waals surface area contributed by atoms with Crippen LogP contribution in [0.3, 0.4) is 0 Å². The molecule has 0 radical (unpaired) electrons. The van der Waals surface area contributed by atoms with E-state index in [9.17, 15) is 19.7 Å². The lowest BCUT2D eigenvalue weighted by Gasteiger charge is -2.10. The van der Waals surface area contributed by atoms with Gasteiger partial charge in [-0.2, -0.15) is 5.10 Å². The number of carbonyl (C=O) groups is 1. The van der Waals surface area contributed by atoms with Gasteiger partial charge in [0.05, 0.1) is 10.6 Å². The Morgan fingerprint density at radius 1 is 1.30 bits per heavy atom. The van der Waals surface area contributed by atoms with Gasteiger partial charge in [-0.25, -0.2) is 4.68 Å². The van der Waals surface area contributed by atoms with Crippen LogP contribution in [0.2, 0.25) is 0 Å². The Kier molecular flexibility index (Phi) is 4.26. The summed E-state index contributed by atoms with van der Waals surface area (Å²) in [5.74, 6) is -0.568. The molecular formula is C15H16N4O4. The maximum Gasteiger partial charge on any atom is 0.279 e. The molecule has 23 heavy (non-hydrogen) atoms. The topological polar surface area (TPSA) is 107 Å². The van der Waals surface area contributed by atoms with Crippen molar-refractivity contribution in [2.75, 3.05) is 5.32 Å². The van der Waals surface area contributed by atoms with Crippen LogP contribution in [-0.2, 0) is 7.05 Å². The van der Waals surface area contributed by atoms with Crippen molar-refractivity contribution in [3.05, 3.63) is 61.1 Å². The van der Waals surface area contributed by atoms with Crippen LogP contribution in [0.1, 0.15) is 27.2 Å². The van der Waals surface area contributed by atoms with E-state index in [2.05, 4.69) is 10.4 Å². The molecule has 2 aromatic rings. The van der Waals surface area contributed by atoms with E-state index in [4.69, 9.17) is 0 Å². The fourth-order valence-corrected chi connectivity index (χ4v) is 2.25. The van der Waals surface area contributed by atoms with Crippen molar-refractivity contribution in [3.63, 3.8) is 0 Å². The molecule has 1 aromatic carbocycles. The number of amides is 1. The molecule has 0 aliphatic carbocycles. The Hall–Kier alpha value is -3.03. The number of anilines is 1. The summed E-state index contributed by atoms with van der Waals surface area (Å²) in [5, 5.41) is 17.4. The van der Waals surface area contributed by atoms with E-state index in [0.29, 0.717) is 22.5 Å². The molecule has 0 bridgehead atoms. The third-order valence-corrected chi connectivity index (χ3v) is 3.60. The predicted molar refractivity (Wildman–Crippen MR) is 84.7 cm³/mol. The second-order valence-electron chi connectivity index (χ2n) is 5.23. The van der Waals surface area contributed by atoms with Crippen LogP contribution in [-0.4, -0.2) is 20.6 Å². The van der Waals surface area contributed by atoms with Crippen LogP contribution in [0.25, 0.3) is 0 Å². The third kappa shape index (κ3) is 3.10. The monoisotopic (exact) mass is 316 g/mol. The van der Waals surface area contributed by atoms with Crippen molar-refractivity contribution in [1.29, 1.82) is 0 Å². The minimum absolute atomic E-state index is 0.0102. The summed E-state index contributed by atoms with van der Waals surface area (Å²) in [5.41, 5.74) is 1.37. The Labute approximate surface area is 131 Å². The highest BCUT2D eigenvalue weighted by Gasteiger charge is 2.19. The molecule has 0 aliphatic rings. The standard InChI is InChI=1S/C15H16N4O4/c1-8-7-11(5-6-12(8)19(22)23)16-14(20)13-9(2)10(3)17-18(4)15(13)21/h5-7H,1-4H3,(H,16,20). The van der Waals surface area contributed by atoms with Gasteiger partial charge in [-0.1, -0.05) is 0 Å². The average molecular weight is 316 g/mol. The lowest BCUT2D eigenvalue weighted by Crippen LogP contribution is -2.31. The Morgan fingerprint density at radius 3 is 2.52 bits per heavy atom. The summed E-state index contributed by atoms with van der Waals surface area (Å²) in [7, 11) is 1.47. The SMILES string of the molecule is Cc1cc(NC(=O)c2c(C)c(C)nn(C)c2=O)ccc1[N+](=O)[O-]. The zero-order chi connectivity index (χ0) is 17.3. The second-order valence-corrected chi connectivity index (χ2v) is 5.23. The van der Waals surface area contributed by atoms with Crippen LogP contribution >= 0.6 is 0 Å². The lowest BCUT2D eigenvalue weighted by atomic mass is 10.1. The van der Waals surface area contributed by atoms with Crippen molar-refractivity contribution in [3.8, 4) is 0 Å². The van der Waals surface area contributed by atoms with Crippen LogP contribution < -0.4 is 10.9 Å². The quantitative estimate of drug-likeness (QED) is 0.687. The largest absolute Gasteiger partial charge is 0.322 e. The highest BCUT2D eigenvalue weighted by molar-refractivity contribution is 6.05. The van der Waals surface area contributed by atoms with Gasteiger partial charge in [0.2, 0.25) is 0 Å². The number of nitro benzene ring substituents is 1. The van der Waals surface area contributed by atoms with Gasteiger partial charge in [-0.15, -0.1) is 0 Å². The number of aromatic nitrogens is 2. The highest BCUT2D eigenvalue weighted by Crippen LogP contribution is 2.22. The minimum Gasteiger partial charge on any atom is -0.322 e. The number of aryl methyl sites for hydroxylation is 3. The predicted octanol–water partition coefficient (Wildman–Crippen LogP) is 1.87. The van der Waals surface area contributed by atoms with Gasteiger partial charge < -0.3 is 5.32 Å². The fourth-order valence-electron chi connectivity index (χ4n) is 2.25. The molecule has 1 N–H and O–H groups in total. The van der Waals surface area contributed by atoms with E-state index >= 15 is 0 Å². The Balaban J connectivity index is 2.39. The van der Waals surface area contributed by atoms with Gasteiger partial charge in [0.1, 0.15) is 5.56 Å². The summed E-state index contributed by atoms with van der Waals surface area (Å²) >= 11 is 0. The first kappa shape index (κ1) is 16.3. The molecule has 0 aliphatic heterocycles. The van der Waals surface area contributed by atoms with Crippen LogP contribution in [0.5, 0.6) is 0 Å². The van der Waals surface area contributed by atoms with E-state index in [1.165, 1.54) is 25.2 Å². The zero-order valence-corrected chi connectivity index (χ0v) is 13.2. The molecule has 1 heterocycles. The molecule has 120 valence electrons. The first-order valence-electron chi connectivity index (χ1n) is 6.83. The smallest absolute Gasteiger partial charge is 0.279 e. The minimum atomic E-state index is -0.568. The van der Waals surface area contributed by atoms with Crippen LogP contribution in [0, 0.1) is 30.9 Å². The molecule has 1 amide bonds. The van der Waals surface area contributed by atoms with E-state index in [-0.39, 0.29) is 11.3 Å². The molecule has 0 fully saturated rings. The number of rotatable bonds is 3. The van der Waals surface area contributed by atoms with Gasteiger partial charge in [0, 0.05) is 24.4 Å². The van der Waals surface area contributed by atoms with Gasteiger partial charge in [0.25, 0.3) is 17.2 Å². The van der Waals surface area contributed by atoms with Crippen molar-refractivity contribution in [1.82, 2.24) is 9.78 Å².